The van der Waals surface area contributed by atoms with Crippen molar-refractivity contribution in [1.82, 2.24) is 4.98 Å². The average Bonchev–Trinajstić information content (AvgIpc) is 2.62. The summed E-state index contributed by atoms with van der Waals surface area (Å²) in [6.07, 6.45) is 1.59. The molecule has 0 aliphatic carbocycles. The van der Waals surface area contributed by atoms with Gasteiger partial charge in [-0.05, 0) is 34.9 Å². The number of halogens is 3. The summed E-state index contributed by atoms with van der Waals surface area (Å²) in [7, 11) is 0. The molecule has 1 N–H and O–H groups in total. The van der Waals surface area contributed by atoms with Crippen molar-refractivity contribution in [2.75, 3.05) is 5.32 Å². The molecule has 0 saturated carbocycles. The normalized spacial score (nSPS) is 12.2. The van der Waals surface area contributed by atoms with Crippen molar-refractivity contribution < 1.29 is 18.0 Å². The summed E-state index contributed by atoms with van der Waals surface area (Å²) in [5.74, 6) is -0.633. The lowest BCUT2D eigenvalue weighted by Gasteiger charge is -2.11. The molecule has 0 fully saturated rings. The molecular weight excluding hydrogens is 361 g/mol. The van der Waals surface area contributed by atoms with Crippen LogP contribution >= 0.6 is 11.8 Å². The van der Waals surface area contributed by atoms with E-state index in [4.69, 9.17) is 0 Å². The van der Waals surface area contributed by atoms with Gasteiger partial charge in [-0.25, -0.2) is 0 Å². The van der Waals surface area contributed by atoms with Gasteiger partial charge in [0.15, 0.2) is 0 Å². The Bertz CT molecular complexity index is 950. The van der Waals surface area contributed by atoms with Crippen LogP contribution in [0, 0.1) is 0 Å². The van der Waals surface area contributed by atoms with Gasteiger partial charge in [0.2, 0.25) is 0 Å². The molecule has 1 heterocycles. The number of hydrogen-bond donors (Lipinski definition) is 1. The van der Waals surface area contributed by atoms with E-state index in [2.05, 4.69) is 10.3 Å². The molecule has 26 heavy (non-hydrogen) atoms. The number of carbonyl (C=O) groups excluding carboxylic acids is 1. The lowest BCUT2D eigenvalue weighted by molar-refractivity contribution is -0.111. The molecule has 0 spiro atoms. The van der Waals surface area contributed by atoms with Crippen molar-refractivity contribution >= 4 is 39.8 Å². The Kier molecular flexibility index (Phi) is 5.27. The molecule has 1 aromatic heterocycles. The van der Waals surface area contributed by atoms with Crippen molar-refractivity contribution in [2.45, 2.75) is 5.51 Å². The zero-order chi connectivity index (χ0) is 18.6. The van der Waals surface area contributed by atoms with Crippen LogP contribution < -0.4 is 5.32 Å². The molecule has 0 bridgehead atoms. The highest BCUT2D eigenvalue weighted by Gasteiger charge is 2.28. The SMILES string of the molecule is O=C(Nc1cccc2cccnc12)/C(=C\SC(F)(F)F)c1ccccc1. The first-order chi connectivity index (χ1) is 12.4. The number of para-hydroxylation sites is 1. The molecular formula is C19H13F3N2OS. The zero-order valence-corrected chi connectivity index (χ0v) is 14.1. The molecule has 3 nitrogen and oxygen atoms in total. The Morgan fingerprint density at radius 1 is 1.00 bits per heavy atom. The molecule has 0 aliphatic heterocycles. The number of hydrogen-bond acceptors (Lipinski definition) is 3. The van der Waals surface area contributed by atoms with Gasteiger partial charge in [0.1, 0.15) is 0 Å². The Labute approximate surface area is 151 Å². The van der Waals surface area contributed by atoms with E-state index in [0.29, 0.717) is 16.8 Å². The molecule has 0 unspecified atom stereocenters. The van der Waals surface area contributed by atoms with Gasteiger partial charge in [0.05, 0.1) is 16.8 Å². The van der Waals surface area contributed by atoms with E-state index in [9.17, 15) is 18.0 Å². The van der Waals surface area contributed by atoms with Gasteiger partial charge in [0, 0.05) is 11.6 Å². The Morgan fingerprint density at radius 3 is 2.46 bits per heavy atom. The van der Waals surface area contributed by atoms with Gasteiger partial charge in [-0.2, -0.15) is 13.2 Å². The number of nitrogens with zero attached hydrogens (tertiary/aromatic N) is 1. The third kappa shape index (κ3) is 4.43. The molecule has 2 aromatic carbocycles. The molecule has 132 valence electrons. The zero-order valence-electron chi connectivity index (χ0n) is 13.3. The summed E-state index contributed by atoms with van der Waals surface area (Å²) in [5, 5.41) is 4.31. The fraction of sp³-hybridized carbons (Fsp3) is 0.0526. The van der Waals surface area contributed by atoms with Crippen molar-refractivity contribution in [3.05, 3.63) is 77.8 Å². The first-order valence-corrected chi connectivity index (χ1v) is 8.47. The fourth-order valence-corrected chi connectivity index (χ4v) is 2.89. The second kappa shape index (κ2) is 7.61. The van der Waals surface area contributed by atoms with E-state index in [0.717, 1.165) is 10.8 Å². The largest absolute Gasteiger partial charge is 0.445 e. The van der Waals surface area contributed by atoms with Crippen LogP contribution in [0.5, 0.6) is 0 Å². The Morgan fingerprint density at radius 2 is 1.73 bits per heavy atom. The second-order valence-corrected chi connectivity index (χ2v) is 6.23. The molecule has 7 heteroatoms. The highest BCUT2D eigenvalue weighted by Crippen LogP contribution is 2.34. The molecule has 3 aromatic rings. The maximum Gasteiger partial charge on any atom is 0.445 e. The number of anilines is 1. The quantitative estimate of drug-likeness (QED) is 0.616. The maximum absolute atomic E-state index is 12.7. The van der Waals surface area contributed by atoms with Crippen LogP contribution in [0.4, 0.5) is 18.9 Å². The van der Waals surface area contributed by atoms with E-state index in [1.807, 2.05) is 12.1 Å². The molecule has 0 atom stereocenters. The number of alkyl halides is 3. The monoisotopic (exact) mass is 374 g/mol. The van der Waals surface area contributed by atoms with E-state index < -0.39 is 11.4 Å². The third-order valence-electron chi connectivity index (χ3n) is 3.52. The number of aromatic nitrogens is 1. The average molecular weight is 374 g/mol. The number of carbonyl (C=O) groups is 1. The van der Waals surface area contributed by atoms with Crippen LogP contribution in [0.2, 0.25) is 0 Å². The number of amides is 1. The maximum atomic E-state index is 12.7. The highest BCUT2D eigenvalue weighted by molar-refractivity contribution is 8.03. The minimum atomic E-state index is -4.47. The van der Waals surface area contributed by atoms with Gasteiger partial charge in [-0.15, -0.1) is 0 Å². The van der Waals surface area contributed by atoms with Gasteiger partial charge >= 0.3 is 5.51 Å². The Hall–Kier alpha value is -2.80. The lowest BCUT2D eigenvalue weighted by Crippen LogP contribution is -2.14. The van der Waals surface area contributed by atoms with Crippen molar-refractivity contribution in [2.24, 2.45) is 0 Å². The fourth-order valence-electron chi connectivity index (χ4n) is 2.39. The van der Waals surface area contributed by atoms with E-state index in [1.54, 1.807) is 54.7 Å². The second-order valence-electron chi connectivity index (χ2n) is 5.30. The van der Waals surface area contributed by atoms with Crippen LogP contribution in [-0.4, -0.2) is 16.4 Å². The Balaban J connectivity index is 1.95. The molecule has 0 aliphatic rings. The number of rotatable bonds is 4. The van der Waals surface area contributed by atoms with Crippen LogP contribution in [0.25, 0.3) is 16.5 Å². The number of thioether (sulfide) groups is 1. The first kappa shape index (κ1) is 18.0. The number of fused-ring (bicyclic) bond motifs is 1. The molecule has 0 radical (unpaired) electrons. The highest BCUT2D eigenvalue weighted by atomic mass is 32.2. The number of pyridine rings is 1. The summed E-state index contributed by atoms with van der Waals surface area (Å²) in [6, 6.07) is 17.1. The first-order valence-electron chi connectivity index (χ1n) is 7.59. The van der Waals surface area contributed by atoms with Gasteiger partial charge in [-0.1, -0.05) is 48.5 Å². The molecule has 3 rings (SSSR count). The summed E-state index contributed by atoms with van der Waals surface area (Å²) in [4.78, 5) is 16.9. The van der Waals surface area contributed by atoms with E-state index in [-0.39, 0.29) is 17.3 Å². The lowest BCUT2D eigenvalue weighted by atomic mass is 10.1. The smallest absolute Gasteiger partial charge is 0.320 e. The van der Waals surface area contributed by atoms with Crippen LogP contribution in [-0.2, 0) is 4.79 Å². The predicted octanol–water partition coefficient (Wildman–Crippen LogP) is 5.47. The summed E-state index contributed by atoms with van der Waals surface area (Å²) < 4.78 is 37.8. The van der Waals surface area contributed by atoms with Crippen molar-refractivity contribution in [3.63, 3.8) is 0 Å². The topological polar surface area (TPSA) is 42.0 Å². The van der Waals surface area contributed by atoms with Gasteiger partial charge in [0.25, 0.3) is 5.91 Å². The minimum Gasteiger partial charge on any atom is -0.320 e. The minimum absolute atomic E-state index is 0.0686. The summed E-state index contributed by atoms with van der Waals surface area (Å²) in [6.45, 7) is 0. The van der Waals surface area contributed by atoms with Crippen LogP contribution in [0.15, 0.2) is 72.3 Å². The van der Waals surface area contributed by atoms with Gasteiger partial charge in [-0.3, -0.25) is 9.78 Å². The van der Waals surface area contributed by atoms with Crippen LogP contribution in [0.3, 0.4) is 0 Å². The summed E-state index contributed by atoms with van der Waals surface area (Å²) >= 11 is -0.359. The van der Waals surface area contributed by atoms with Gasteiger partial charge < -0.3 is 5.32 Å². The number of benzene rings is 2. The molecule has 0 saturated heterocycles. The standard InChI is InChI=1S/C19H13F3N2OS/c20-19(21,22)26-12-15(13-6-2-1-3-7-13)18(25)24-16-10-4-8-14-9-5-11-23-17(14)16/h1-12H,(H,24,25)/b15-12-. The third-order valence-corrected chi connectivity index (χ3v) is 4.14. The van der Waals surface area contributed by atoms with Crippen molar-refractivity contribution in [1.29, 1.82) is 0 Å². The van der Waals surface area contributed by atoms with Crippen LogP contribution in [0.1, 0.15) is 5.56 Å². The number of nitrogens with one attached hydrogen (secondary N) is 1. The van der Waals surface area contributed by atoms with E-state index in [1.165, 1.54) is 0 Å². The van der Waals surface area contributed by atoms with Crippen molar-refractivity contribution in [3.8, 4) is 0 Å². The van der Waals surface area contributed by atoms with E-state index >= 15 is 0 Å². The summed E-state index contributed by atoms with van der Waals surface area (Å²) in [5.41, 5.74) is -3.14. The molecule has 1 amide bonds. The predicted molar refractivity (Wildman–Crippen MR) is 98.4 cm³/mol.